The first-order valence-electron chi connectivity index (χ1n) is 10.3. The lowest BCUT2D eigenvalue weighted by atomic mass is 9.90. The fourth-order valence-corrected chi connectivity index (χ4v) is 3.70. The number of nitrogens with one attached hydrogen (secondary N) is 2. The van der Waals surface area contributed by atoms with Crippen LogP contribution in [0.2, 0.25) is 0 Å². The van der Waals surface area contributed by atoms with Gasteiger partial charge in [0.25, 0.3) is 5.91 Å². The van der Waals surface area contributed by atoms with E-state index in [9.17, 15) is 31.1 Å². The molecule has 3 rings (SSSR count). The van der Waals surface area contributed by atoms with Gasteiger partial charge in [0, 0.05) is 43.1 Å². The fraction of sp³-hybridized carbons (Fsp3) is 0.455. The molecule has 1 saturated carbocycles. The number of halogens is 6. The lowest BCUT2D eigenvalue weighted by Crippen LogP contribution is -2.40. The van der Waals surface area contributed by atoms with Crippen molar-refractivity contribution < 1.29 is 31.1 Å². The Kier molecular flexibility index (Phi) is 7.08. The number of hydrogen-bond donors (Lipinski definition) is 2. The van der Waals surface area contributed by atoms with Gasteiger partial charge in [-0.05, 0) is 62.1 Å². The van der Waals surface area contributed by atoms with E-state index >= 15 is 0 Å². The lowest BCUT2D eigenvalue weighted by molar-refractivity contribution is -0.150. The molecule has 2 N–H and O–H groups in total. The van der Waals surface area contributed by atoms with Crippen molar-refractivity contribution in [2.24, 2.45) is 0 Å². The molecule has 0 radical (unpaired) electrons. The molecule has 0 unspecified atom stereocenters. The standard InChI is InChI=1S/C22H24F6N4O/c1-32(2)17-9-3-13(4-10-17)20(33)30-15-7-5-14(6-8-15)29-16-11-18(21(23,24)25)31-19(12-16)22(26,27)28/h3-4,9-12,14-15H,5-8H2,1-2H3,(H,29,31)(H,30,33). The highest BCUT2D eigenvalue weighted by atomic mass is 19.4. The number of carbonyl (C=O) groups is 1. The monoisotopic (exact) mass is 474 g/mol. The summed E-state index contributed by atoms with van der Waals surface area (Å²) < 4.78 is 77.9. The van der Waals surface area contributed by atoms with Gasteiger partial charge < -0.3 is 15.5 Å². The molecule has 0 bridgehead atoms. The zero-order valence-corrected chi connectivity index (χ0v) is 18.0. The molecule has 11 heteroatoms. The molecular weight excluding hydrogens is 450 g/mol. The normalized spacial score (nSPS) is 19.2. The molecule has 1 aromatic heterocycles. The van der Waals surface area contributed by atoms with Gasteiger partial charge in [0.2, 0.25) is 0 Å². The zero-order chi connectivity index (χ0) is 24.4. The molecule has 0 spiro atoms. The molecule has 0 aliphatic heterocycles. The Balaban J connectivity index is 1.59. The molecule has 180 valence electrons. The largest absolute Gasteiger partial charge is 0.433 e. The van der Waals surface area contributed by atoms with Crippen molar-refractivity contribution in [2.75, 3.05) is 24.3 Å². The summed E-state index contributed by atoms with van der Waals surface area (Å²) in [6.07, 6.45) is -7.94. The van der Waals surface area contributed by atoms with E-state index in [1.54, 1.807) is 12.1 Å². The third-order valence-electron chi connectivity index (χ3n) is 5.49. The number of hydrogen-bond acceptors (Lipinski definition) is 4. The SMILES string of the molecule is CN(C)c1ccc(C(=O)NC2CCC(Nc3cc(C(F)(F)F)nc(C(F)(F)F)c3)CC2)cc1. The van der Waals surface area contributed by atoms with Crippen LogP contribution in [-0.4, -0.2) is 37.1 Å². The second-order valence-electron chi connectivity index (χ2n) is 8.23. The Bertz CT molecular complexity index is 932. The van der Waals surface area contributed by atoms with Crippen molar-refractivity contribution >= 4 is 17.3 Å². The highest BCUT2D eigenvalue weighted by molar-refractivity contribution is 5.94. The van der Waals surface area contributed by atoms with E-state index in [1.807, 2.05) is 31.1 Å². The number of aromatic nitrogens is 1. The van der Waals surface area contributed by atoms with Crippen LogP contribution in [0.15, 0.2) is 36.4 Å². The molecule has 2 aromatic rings. The Morgan fingerprint density at radius 2 is 1.36 bits per heavy atom. The summed E-state index contributed by atoms with van der Waals surface area (Å²) in [4.78, 5) is 17.1. The van der Waals surface area contributed by atoms with Gasteiger partial charge in [-0.3, -0.25) is 4.79 Å². The number of carbonyl (C=O) groups excluding carboxylic acids is 1. The average Bonchev–Trinajstić information content (AvgIpc) is 2.73. The minimum Gasteiger partial charge on any atom is -0.382 e. The minimum atomic E-state index is -5.00. The fourth-order valence-electron chi connectivity index (χ4n) is 3.70. The molecule has 5 nitrogen and oxygen atoms in total. The van der Waals surface area contributed by atoms with Gasteiger partial charge in [-0.1, -0.05) is 0 Å². The summed E-state index contributed by atoms with van der Waals surface area (Å²) in [5.74, 6) is -0.226. The van der Waals surface area contributed by atoms with Gasteiger partial charge in [0.05, 0.1) is 0 Å². The summed E-state index contributed by atoms with van der Waals surface area (Å²) in [6.45, 7) is 0. The van der Waals surface area contributed by atoms with Crippen LogP contribution in [0.5, 0.6) is 0 Å². The molecule has 0 saturated heterocycles. The Morgan fingerprint density at radius 3 is 1.82 bits per heavy atom. The zero-order valence-electron chi connectivity index (χ0n) is 18.0. The van der Waals surface area contributed by atoms with Crippen molar-refractivity contribution in [1.82, 2.24) is 10.3 Å². The van der Waals surface area contributed by atoms with E-state index in [4.69, 9.17) is 0 Å². The third-order valence-corrected chi connectivity index (χ3v) is 5.49. The number of alkyl halides is 6. The van der Waals surface area contributed by atoms with Gasteiger partial charge in [-0.15, -0.1) is 0 Å². The summed E-state index contributed by atoms with van der Waals surface area (Å²) in [5, 5.41) is 5.71. The predicted molar refractivity (Wildman–Crippen MR) is 112 cm³/mol. The summed E-state index contributed by atoms with van der Waals surface area (Å²) in [7, 11) is 3.78. The van der Waals surface area contributed by atoms with Gasteiger partial charge >= 0.3 is 12.4 Å². The maximum atomic E-state index is 13.0. The van der Waals surface area contributed by atoms with E-state index < -0.39 is 23.7 Å². The number of rotatable bonds is 5. The number of pyridine rings is 1. The molecule has 1 aliphatic rings. The van der Waals surface area contributed by atoms with Crippen molar-refractivity contribution in [2.45, 2.75) is 50.1 Å². The van der Waals surface area contributed by atoms with Crippen molar-refractivity contribution in [3.05, 3.63) is 53.3 Å². The van der Waals surface area contributed by atoms with Crippen LogP contribution in [0.1, 0.15) is 47.4 Å². The molecule has 1 heterocycles. The summed E-state index contributed by atoms with van der Waals surface area (Å²) in [6, 6.07) is 7.82. The quantitative estimate of drug-likeness (QED) is 0.575. The smallest absolute Gasteiger partial charge is 0.382 e. The Hall–Kier alpha value is -2.98. The van der Waals surface area contributed by atoms with Crippen LogP contribution in [0.25, 0.3) is 0 Å². The molecular formula is C22H24F6N4O. The van der Waals surface area contributed by atoms with Gasteiger partial charge in [-0.25, -0.2) is 4.98 Å². The van der Waals surface area contributed by atoms with E-state index in [0.29, 0.717) is 43.4 Å². The third kappa shape index (κ3) is 6.52. The Labute approximate surface area is 187 Å². The van der Waals surface area contributed by atoms with Gasteiger partial charge in [-0.2, -0.15) is 26.3 Å². The first-order chi connectivity index (χ1) is 15.3. The van der Waals surface area contributed by atoms with Crippen molar-refractivity contribution in [1.29, 1.82) is 0 Å². The molecule has 1 aromatic carbocycles. The highest BCUT2D eigenvalue weighted by Crippen LogP contribution is 2.35. The number of amides is 1. The first-order valence-corrected chi connectivity index (χ1v) is 10.3. The Morgan fingerprint density at radius 1 is 0.879 bits per heavy atom. The number of anilines is 2. The lowest BCUT2D eigenvalue weighted by Gasteiger charge is -2.30. The van der Waals surface area contributed by atoms with Crippen LogP contribution in [0.4, 0.5) is 37.7 Å². The van der Waals surface area contributed by atoms with Crippen LogP contribution in [0.3, 0.4) is 0 Å². The summed E-state index contributed by atoms with van der Waals surface area (Å²) in [5.41, 5.74) is -2.01. The first kappa shape index (κ1) is 24.7. The predicted octanol–water partition coefficient (Wildman–Crippen LogP) is 5.34. The van der Waals surface area contributed by atoms with Gasteiger partial charge in [0.1, 0.15) is 11.4 Å². The van der Waals surface area contributed by atoms with Crippen molar-refractivity contribution in [3.8, 4) is 0 Å². The van der Waals surface area contributed by atoms with Crippen LogP contribution in [0, 0.1) is 0 Å². The van der Waals surface area contributed by atoms with Crippen LogP contribution in [-0.2, 0) is 12.4 Å². The van der Waals surface area contributed by atoms with E-state index in [2.05, 4.69) is 15.6 Å². The molecule has 1 amide bonds. The van der Waals surface area contributed by atoms with E-state index in [0.717, 1.165) is 5.69 Å². The second-order valence-corrected chi connectivity index (χ2v) is 8.23. The highest BCUT2D eigenvalue weighted by Gasteiger charge is 2.39. The van der Waals surface area contributed by atoms with Crippen LogP contribution < -0.4 is 15.5 Å². The van der Waals surface area contributed by atoms with Crippen molar-refractivity contribution in [3.63, 3.8) is 0 Å². The molecule has 33 heavy (non-hydrogen) atoms. The molecule has 1 aliphatic carbocycles. The van der Waals surface area contributed by atoms with Gasteiger partial charge in [0.15, 0.2) is 0 Å². The topological polar surface area (TPSA) is 57.3 Å². The summed E-state index contributed by atoms with van der Waals surface area (Å²) >= 11 is 0. The number of benzene rings is 1. The molecule has 0 atom stereocenters. The van der Waals surface area contributed by atoms with E-state index in [-0.39, 0.29) is 23.7 Å². The van der Waals surface area contributed by atoms with E-state index in [1.165, 1.54) is 0 Å². The minimum absolute atomic E-state index is 0.127. The maximum Gasteiger partial charge on any atom is 0.433 e. The second kappa shape index (κ2) is 9.48. The maximum absolute atomic E-state index is 13.0. The number of nitrogens with zero attached hydrogens (tertiary/aromatic N) is 2. The average molecular weight is 474 g/mol. The molecule has 1 fully saturated rings. The van der Waals surface area contributed by atoms with Crippen LogP contribution >= 0.6 is 0 Å².